The van der Waals surface area contributed by atoms with Gasteiger partial charge in [0.1, 0.15) is 0 Å². The molecule has 0 aromatic heterocycles. The standard InChI is InChI=1S/C31H56O3S/c1-3-4-18-25-31(34-28-30-23-19-17-20-24-30)29-33-26-21-15-13-11-9-7-5-6-8-10-12-14-16-22-27-35(2)32/h17,19-20,23-24,31H,3-16,18,21-22,25-29H2,1-2H3. The zero-order valence-corrected chi connectivity index (χ0v) is 24.0. The second kappa shape index (κ2) is 25.0. The van der Waals surface area contributed by atoms with E-state index in [1.165, 1.54) is 108 Å². The Hall–Kier alpha value is -0.710. The normalized spacial score (nSPS) is 13.2. The summed E-state index contributed by atoms with van der Waals surface area (Å²) < 4.78 is 23.2. The molecule has 0 bridgehead atoms. The minimum atomic E-state index is -0.604. The average molecular weight is 509 g/mol. The topological polar surface area (TPSA) is 35.5 Å². The van der Waals surface area contributed by atoms with Crippen molar-refractivity contribution in [3.63, 3.8) is 0 Å². The van der Waals surface area contributed by atoms with Crippen LogP contribution in [0.1, 0.15) is 128 Å². The summed E-state index contributed by atoms with van der Waals surface area (Å²) in [5, 5.41) is 0. The molecule has 2 atom stereocenters. The Balaban J connectivity index is 1.89. The lowest BCUT2D eigenvalue weighted by atomic mass is 10.0. The molecular formula is C31H56O3S. The van der Waals surface area contributed by atoms with Crippen LogP contribution in [0.3, 0.4) is 0 Å². The third kappa shape index (κ3) is 22.2. The highest BCUT2D eigenvalue weighted by Crippen LogP contribution is 2.14. The lowest BCUT2D eigenvalue weighted by molar-refractivity contribution is -0.0302. The fraction of sp³-hybridized carbons (Fsp3) is 0.806. The summed E-state index contributed by atoms with van der Waals surface area (Å²) in [6.07, 6.45) is 25.5. The molecule has 0 spiro atoms. The molecule has 0 heterocycles. The van der Waals surface area contributed by atoms with Crippen LogP contribution < -0.4 is 0 Å². The molecule has 2 unspecified atom stereocenters. The van der Waals surface area contributed by atoms with Gasteiger partial charge in [-0.2, -0.15) is 0 Å². The van der Waals surface area contributed by atoms with Crippen LogP contribution in [-0.4, -0.2) is 35.5 Å². The van der Waals surface area contributed by atoms with Gasteiger partial charge < -0.3 is 9.47 Å². The van der Waals surface area contributed by atoms with Crippen molar-refractivity contribution < 1.29 is 13.7 Å². The Kier molecular flexibility index (Phi) is 23.0. The number of hydrogen-bond donors (Lipinski definition) is 0. The van der Waals surface area contributed by atoms with Crippen molar-refractivity contribution in [2.24, 2.45) is 0 Å². The molecule has 4 heteroatoms. The first-order valence-electron chi connectivity index (χ1n) is 14.8. The molecule has 0 saturated carbocycles. The Morgan fingerprint density at radius 1 is 0.714 bits per heavy atom. The van der Waals surface area contributed by atoms with E-state index in [1.54, 1.807) is 0 Å². The minimum Gasteiger partial charge on any atom is -0.379 e. The fourth-order valence-electron chi connectivity index (χ4n) is 4.47. The zero-order chi connectivity index (χ0) is 25.2. The van der Waals surface area contributed by atoms with Gasteiger partial charge in [-0.05, 0) is 24.8 Å². The van der Waals surface area contributed by atoms with Crippen molar-refractivity contribution in [1.82, 2.24) is 0 Å². The molecule has 1 rings (SSSR count). The molecule has 1 aromatic rings. The molecule has 3 nitrogen and oxygen atoms in total. The number of benzene rings is 1. The highest BCUT2D eigenvalue weighted by molar-refractivity contribution is 7.84. The Bertz CT molecular complexity index is 578. The summed E-state index contributed by atoms with van der Waals surface area (Å²) in [5.41, 5.74) is 1.24. The van der Waals surface area contributed by atoms with Crippen molar-refractivity contribution in [1.29, 1.82) is 0 Å². The van der Waals surface area contributed by atoms with Crippen LogP contribution in [-0.2, 0) is 26.9 Å². The summed E-state index contributed by atoms with van der Waals surface area (Å²) >= 11 is 0. The molecule has 0 N–H and O–H groups in total. The summed E-state index contributed by atoms with van der Waals surface area (Å²) in [7, 11) is -0.604. The Morgan fingerprint density at radius 2 is 1.26 bits per heavy atom. The first kappa shape index (κ1) is 32.3. The number of rotatable bonds is 26. The minimum absolute atomic E-state index is 0.217. The van der Waals surface area contributed by atoms with Crippen LogP contribution in [0.2, 0.25) is 0 Å². The van der Waals surface area contributed by atoms with Gasteiger partial charge in [-0.15, -0.1) is 0 Å². The molecule has 0 fully saturated rings. The summed E-state index contributed by atoms with van der Waals surface area (Å²) in [5.74, 6) is 0.886. The molecule has 0 aliphatic rings. The van der Waals surface area contributed by atoms with Crippen LogP contribution in [0.25, 0.3) is 0 Å². The van der Waals surface area contributed by atoms with E-state index in [0.717, 1.165) is 31.8 Å². The highest BCUT2D eigenvalue weighted by Gasteiger charge is 2.10. The van der Waals surface area contributed by atoms with Crippen LogP contribution in [0.5, 0.6) is 0 Å². The Labute approximate surface area is 220 Å². The van der Waals surface area contributed by atoms with Gasteiger partial charge in [-0.25, -0.2) is 0 Å². The third-order valence-corrected chi connectivity index (χ3v) is 7.60. The van der Waals surface area contributed by atoms with Crippen LogP contribution in [0.15, 0.2) is 30.3 Å². The molecule has 1 aromatic carbocycles. The predicted molar refractivity (Wildman–Crippen MR) is 154 cm³/mol. The maximum atomic E-state index is 11.0. The quantitative estimate of drug-likeness (QED) is 0.117. The first-order valence-corrected chi connectivity index (χ1v) is 16.5. The van der Waals surface area contributed by atoms with Crippen LogP contribution in [0, 0.1) is 0 Å². The molecule has 0 amide bonds. The van der Waals surface area contributed by atoms with Crippen LogP contribution in [0.4, 0.5) is 0 Å². The van der Waals surface area contributed by atoms with Crippen LogP contribution >= 0.6 is 0 Å². The molecule has 0 aliphatic carbocycles. The van der Waals surface area contributed by atoms with Gasteiger partial charge in [0.15, 0.2) is 0 Å². The first-order chi connectivity index (χ1) is 17.2. The average Bonchev–Trinajstić information content (AvgIpc) is 2.86. The molecular weight excluding hydrogens is 452 g/mol. The van der Waals surface area contributed by atoms with Crippen molar-refractivity contribution >= 4 is 10.8 Å². The monoisotopic (exact) mass is 508 g/mol. The maximum Gasteiger partial charge on any atom is 0.0813 e. The van der Waals surface area contributed by atoms with Crippen molar-refractivity contribution in [3.05, 3.63) is 35.9 Å². The van der Waals surface area contributed by atoms with E-state index in [0.29, 0.717) is 6.61 Å². The van der Waals surface area contributed by atoms with E-state index in [2.05, 4.69) is 37.3 Å². The molecule has 0 radical (unpaired) electrons. The number of ether oxygens (including phenoxy) is 2. The molecule has 35 heavy (non-hydrogen) atoms. The van der Waals surface area contributed by atoms with Crippen molar-refractivity contribution in [3.8, 4) is 0 Å². The molecule has 0 saturated heterocycles. The van der Waals surface area contributed by atoms with Gasteiger partial charge >= 0.3 is 0 Å². The maximum absolute atomic E-state index is 11.0. The Morgan fingerprint density at radius 3 is 1.80 bits per heavy atom. The number of unbranched alkanes of at least 4 members (excludes halogenated alkanes) is 15. The SMILES string of the molecule is CCCCCC(COCCCCCCCCCCCCCCCCS(C)=O)OCc1ccccc1. The van der Waals surface area contributed by atoms with E-state index < -0.39 is 10.8 Å². The van der Waals surface area contributed by atoms with Gasteiger partial charge in [0.25, 0.3) is 0 Å². The summed E-state index contributed by atoms with van der Waals surface area (Å²) in [6.45, 7) is 4.54. The van der Waals surface area contributed by atoms with Gasteiger partial charge in [-0.3, -0.25) is 4.21 Å². The second-order valence-electron chi connectivity index (χ2n) is 10.2. The lowest BCUT2D eigenvalue weighted by Gasteiger charge is -2.18. The zero-order valence-electron chi connectivity index (χ0n) is 23.2. The highest BCUT2D eigenvalue weighted by atomic mass is 32.2. The smallest absolute Gasteiger partial charge is 0.0813 e. The van der Waals surface area contributed by atoms with Gasteiger partial charge in [0, 0.05) is 29.4 Å². The van der Waals surface area contributed by atoms with E-state index in [1.807, 2.05) is 6.26 Å². The fourth-order valence-corrected chi connectivity index (χ4v) is 5.08. The van der Waals surface area contributed by atoms with E-state index in [9.17, 15) is 4.21 Å². The summed E-state index contributed by atoms with van der Waals surface area (Å²) in [6, 6.07) is 10.5. The largest absolute Gasteiger partial charge is 0.379 e. The van der Waals surface area contributed by atoms with Crippen molar-refractivity contribution in [2.45, 2.75) is 135 Å². The van der Waals surface area contributed by atoms with E-state index in [4.69, 9.17) is 9.47 Å². The van der Waals surface area contributed by atoms with E-state index in [-0.39, 0.29) is 6.10 Å². The predicted octanol–water partition coefficient (Wildman–Crippen LogP) is 9.01. The van der Waals surface area contributed by atoms with E-state index >= 15 is 0 Å². The summed E-state index contributed by atoms with van der Waals surface area (Å²) in [4.78, 5) is 0. The number of hydrogen-bond acceptors (Lipinski definition) is 3. The second-order valence-corrected chi connectivity index (χ2v) is 11.8. The lowest BCUT2D eigenvalue weighted by Crippen LogP contribution is -2.20. The van der Waals surface area contributed by atoms with Crippen molar-refractivity contribution in [2.75, 3.05) is 25.2 Å². The van der Waals surface area contributed by atoms with Gasteiger partial charge in [0.05, 0.1) is 19.3 Å². The van der Waals surface area contributed by atoms with Gasteiger partial charge in [-0.1, -0.05) is 134 Å². The third-order valence-electron chi connectivity index (χ3n) is 6.73. The molecule has 0 aliphatic heterocycles. The molecule has 204 valence electrons. The van der Waals surface area contributed by atoms with Gasteiger partial charge in [0.2, 0.25) is 0 Å².